The number of hydrogen-bond acceptors (Lipinski definition) is 6. The maximum absolute atomic E-state index is 13.4. The van der Waals surface area contributed by atoms with Gasteiger partial charge in [0, 0.05) is 47.9 Å². The lowest BCUT2D eigenvalue weighted by Gasteiger charge is -2.39. The Morgan fingerprint density at radius 2 is 1.82 bits per heavy atom. The topological polar surface area (TPSA) is 88.1 Å². The molecule has 2 aromatic heterocycles. The summed E-state index contributed by atoms with van der Waals surface area (Å²) in [6, 6.07) is 15.4. The molecular formula is C25H23N5O2S. The van der Waals surface area contributed by atoms with Gasteiger partial charge in [-0.25, -0.2) is 4.98 Å². The summed E-state index contributed by atoms with van der Waals surface area (Å²) in [6.45, 7) is 2.97. The van der Waals surface area contributed by atoms with Crippen molar-refractivity contribution in [3.05, 3.63) is 88.1 Å². The van der Waals surface area contributed by atoms with E-state index < -0.39 is 0 Å². The van der Waals surface area contributed by atoms with Crippen LogP contribution in [0.5, 0.6) is 0 Å². The molecule has 1 fully saturated rings. The summed E-state index contributed by atoms with van der Waals surface area (Å²) in [5, 5.41) is 3.18. The van der Waals surface area contributed by atoms with E-state index in [2.05, 4.69) is 32.4 Å². The van der Waals surface area contributed by atoms with Crippen LogP contribution in [0, 0.1) is 6.92 Å². The van der Waals surface area contributed by atoms with Gasteiger partial charge in [-0.2, -0.15) is 0 Å². The fourth-order valence-electron chi connectivity index (χ4n) is 4.39. The first kappa shape index (κ1) is 21.2. The number of nitrogens with one attached hydrogen (secondary N) is 1. The van der Waals surface area contributed by atoms with Crippen molar-refractivity contribution in [1.29, 1.82) is 0 Å². The summed E-state index contributed by atoms with van der Waals surface area (Å²) in [7, 11) is 0. The number of aromatic nitrogens is 3. The molecule has 7 nitrogen and oxygen atoms in total. The minimum absolute atomic E-state index is 0.0213. The second kappa shape index (κ2) is 9.07. The maximum atomic E-state index is 13.4. The second-order valence-corrected chi connectivity index (χ2v) is 9.21. The van der Waals surface area contributed by atoms with E-state index in [1.54, 1.807) is 30.0 Å². The molecule has 2 aromatic carbocycles. The Labute approximate surface area is 195 Å². The summed E-state index contributed by atoms with van der Waals surface area (Å²) < 4.78 is 0. The molecule has 33 heavy (non-hydrogen) atoms. The van der Waals surface area contributed by atoms with Crippen LogP contribution >= 0.6 is 11.3 Å². The van der Waals surface area contributed by atoms with Crippen molar-refractivity contribution in [2.75, 3.05) is 13.1 Å². The number of likely N-dealkylation sites (tertiary alicyclic amines) is 1. The standard InChI is InChI=1S/C25H23N5O2S/c1-16-23(28-15-33-16)24(31)29-20-9-12-30(14-19(20)17-5-3-2-4-6-17)25(32)18-7-8-21-22(13-18)27-11-10-26-21/h2-8,10-11,13,15,19-20H,9,12,14H2,1H3,(H,29,31)/t19-,20-/m1/s1. The third kappa shape index (κ3) is 4.34. The Morgan fingerprint density at radius 3 is 2.58 bits per heavy atom. The molecule has 0 aliphatic carbocycles. The van der Waals surface area contributed by atoms with E-state index in [1.165, 1.54) is 11.3 Å². The fourth-order valence-corrected chi connectivity index (χ4v) is 4.96. The van der Waals surface area contributed by atoms with Crippen LogP contribution in [0.15, 0.2) is 66.4 Å². The number of benzene rings is 2. The lowest BCUT2D eigenvalue weighted by Crippen LogP contribution is -2.51. The number of thiazole rings is 1. The summed E-state index contributed by atoms with van der Waals surface area (Å²) in [5.74, 6) is -0.219. The fraction of sp³-hybridized carbons (Fsp3) is 0.240. The molecule has 1 aliphatic rings. The number of carbonyl (C=O) groups is 2. The summed E-state index contributed by atoms with van der Waals surface area (Å²) >= 11 is 1.46. The molecule has 1 aliphatic heterocycles. The Balaban J connectivity index is 1.39. The van der Waals surface area contributed by atoms with Crippen molar-refractivity contribution in [2.24, 2.45) is 0 Å². The third-order valence-electron chi connectivity index (χ3n) is 6.12. The highest BCUT2D eigenvalue weighted by molar-refractivity contribution is 7.09. The summed E-state index contributed by atoms with van der Waals surface area (Å²) in [6.07, 6.45) is 3.92. The number of nitrogens with zero attached hydrogens (tertiary/aromatic N) is 4. The zero-order chi connectivity index (χ0) is 22.8. The van der Waals surface area contributed by atoms with Gasteiger partial charge in [-0.3, -0.25) is 19.6 Å². The van der Waals surface area contributed by atoms with E-state index in [0.717, 1.165) is 16.0 Å². The van der Waals surface area contributed by atoms with Crippen LogP contribution in [0.3, 0.4) is 0 Å². The molecule has 5 rings (SSSR count). The monoisotopic (exact) mass is 457 g/mol. The van der Waals surface area contributed by atoms with Crippen molar-refractivity contribution in [3.63, 3.8) is 0 Å². The van der Waals surface area contributed by atoms with E-state index in [-0.39, 0.29) is 23.8 Å². The largest absolute Gasteiger partial charge is 0.347 e. The van der Waals surface area contributed by atoms with Crippen LogP contribution in [0.2, 0.25) is 0 Å². The normalized spacial score (nSPS) is 18.3. The molecular weight excluding hydrogens is 434 g/mol. The van der Waals surface area contributed by atoms with E-state index in [1.807, 2.05) is 36.1 Å². The maximum Gasteiger partial charge on any atom is 0.271 e. The van der Waals surface area contributed by atoms with Crippen molar-refractivity contribution < 1.29 is 9.59 Å². The number of aryl methyl sites for hydroxylation is 1. The summed E-state index contributed by atoms with van der Waals surface area (Å²) in [4.78, 5) is 41.8. The van der Waals surface area contributed by atoms with E-state index in [9.17, 15) is 9.59 Å². The van der Waals surface area contributed by atoms with Crippen LogP contribution in [0.4, 0.5) is 0 Å². The average molecular weight is 458 g/mol. The van der Waals surface area contributed by atoms with Crippen LogP contribution in [0.1, 0.15) is 43.6 Å². The van der Waals surface area contributed by atoms with Gasteiger partial charge in [0.1, 0.15) is 5.69 Å². The van der Waals surface area contributed by atoms with Gasteiger partial charge in [-0.05, 0) is 37.1 Å². The van der Waals surface area contributed by atoms with Crippen molar-refractivity contribution in [2.45, 2.75) is 25.3 Å². The highest BCUT2D eigenvalue weighted by Gasteiger charge is 2.34. The molecule has 2 amide bonds. The van der Waals surface area contributed by atoms with Gasteiger partial charge in [0.25, 0.3) is 11.8 Å². The quantitative estimate of drug-likeness (QED) is 0.503. The van der Waals surface area contributed by atoms with Gasteiger partial charge in [0.2, 0.25) is 0 Å². The van der Waals surface area contributed by atoms with Gasteiger partial charge in [0.05, 0.1) is 16.5 Å². The predicted molar refractivity (Wildman–Crippen MR) is 127 cm³/mol. The minimum Gasteiger partial charge on any atom is -0.347 e. The van der Waals surface area contributed by atoms with Crippen molar-refractivity contribution in [3.8, 4) is 0 Å². The zero-order valence-electron chi connectivity index (χ0n) is 18.1. The Bertz CT molecular complexity index is 1310. The van der Waals surface area contributed by atoms with Crippen LogP contribution in [-0.2, 0) is 0 Å². The lowest BCUT2D eigenvalue weighted by atomic mass is 9.85. The first-order chi connectivity index (χ1) is 16.1. The molecule has 1 N–H and O–H groups in total. The molecule has 1 saturated heterocycles. The SMILES string of the molecule is Cc1scnc1C(=O)N[C@@H]1CCN(C(=O)c2ccc3nccnc3c2)C[C@@H]1c1ccccc1. The first-order valence-electron chi connectivity index (χ1n) is 10.9. The number of piperidine rings is 1. The third-order valence-corrected chi connectivity index (χ3v) is 6.88. The Kier molecular flexibility index (Phi) is 5.83. The van der Waals surface area contributed by atoms with Crippen molar-refractivity contribution in [1.82, 2.24) is 25.2 Å². The molecule has 2 atom stereocenters. The lowest BCUT2D eigenvalue weighted by molar-refractivity contribution is 0.0671. The summed E-state index contributed by atoms with van der Waals surface area (Å²) in [5.41, 5.74) is 5.31. The van der Waals surface area contributed by atoms with Gasteiger partial charge in [0.15, 0.2) is 0 Å². The molecule has 4 aromatic rings. The molecule has 0 bridgehead atoms. The highest BCUT2D eigenvalue weighted by atomic mass is 32.1. The molecule has 3 heterocycles. The zero-order valence-corrected chi connectivity index (χ0v) is 19.0. The number of hydrogen-bond donors (Lipinski definition) is 1. The van der Waals surface area contributed by atoms with Crippen molar-refractivity contribution >= 4 is 34.2 Å². The molecule has 0 spiro atoms. The molecule has 0 unspecified atom stereocenters. The average Bonchev–Trinajstić information content (AvgIpc) is 3.30. The van der Waals surface area contributed by atoms with Crippen LogP contribution in [0.25, 0.3) is 11.0 Å². The predicted octanol–water partition coefficient (Wildman–Crippen LogP) is 3.82. The Morgan fingerprint density at radius 1 is 1.03 bits per heavy atom. The molecule has 8 heteroatoms. The van der Waals surface area contributed by atoms with Crippen LogP contribution < -0.4 is 5.32 Å². The second-order valence-electron chi connectivity index (χ2n) is 8.15. The number of fused-ring (bicyclic) bond motifs is 1. The minimum atomic E-state index is -0.160. The smallest absolute Gasteiger partial charge is 0.271 e. The Hall–Kier alpha value is -3.65. The van der Waals surface area contributed by atoms with Crippen LogP contribution in [-0.4, -0.2) is 50.8 Å². The van der Waals surface area contributed by atoms with Gasteiger partial charge in [-0.1, -0.05) is 30.3 Å². The molecule has 0 radical (unpaired) electrons. The molecule has 166 valence electrons. The number of rotatable bonds is 4. The van der Waals surface area contributed by atoms with E-state index in [0.29, 0.717) is 36.3 Å². The number of carbonyl (C=O) groups excluding carboxylic acids is 2. The van der Waals surface area contributed by atoms with E-state index in [4.69, 9.17) is 0 Å². The van der Waals surface area contributed by atoms with E-state index >= 15 is 0 Å². The first-order valence-corrected chi connectivity index (χ1v) is 11.7. The number of amides is 2. The van der Waals surface area contributed by atoms with Gasteiger partial charge < -0.3 is 10.2 Å². The highest BCUT2D eigenvalue weighted by Crippen LogP contribution is 2.29. The molecule has 0 saturated carbocycles. The van der Waals surface area contributed by atoms with Gasteiger partial charge >= 0.3 is 0 Å². The van der Waals surface area contributed by atoms with Gasteiger partial charge in [-0.15, -0.1) is 11.3 Å².